The molecule has 24 heavy (non-hydrogen) atoms. The summed E-state index contributed by atoms with van der Waals surface area (Å²) in [5.41, 5.74) is 4.19. The number of aliphatic hydroxyl groups excluding tert-OH is 1. The Hall–Kier alpha value is -1.58. The van der Waals surface area contributed by atoms with Crippen LogP contribution in [0.2, 0.25) is 0 Å². The number of nitrogens with zero attached hydrogens (tertiary/aromatic N) is 4. The molecule has 3 aromatic rings. The second kappa shape index (κ2) is 6.73. The number of halogens is 1. The topological polar surface area (TPSA) is 73.1 Å². The Labute approximate surface area is 153 Å². The smallest absolute Gasteiger partial charge is 0.150 e. The Morgan fingerprint density at radius 1 is 1.29 bits per heavy atom. The lowest BCUT2D eigenvalue weighted by atomic mass is 10.2. The molecular formula is C17H17IN4O2. The summed E-state index contributed by atoms with van der Waals surface area (Å²) < 4.78 is 8.62. The van der Waals surface area contributed by atoms with E-state index in [-0.39, 0.29) is 12.8 Å². The maximum atomic E-state index is 9.28. The van der Waals surface area contributed by atoms with Gasteiger partial charge in [0, 0.05) is 19.0 Å². The third kappa shape index (κ3) is 3.03. The summed E-state index contributed by atoms with van der Waals surface area (Å²) in [5.74, 6) is 0. The van der Waals surface area contributed by atoms with Crippen molar-refractivity contribution in [3.05, 3.63) is 39.9 Å². The first kappa shape index (κ1) is 15.9. The minimum atomic E-state index is -0.0384. The Kier molecular flexibility index (Phi) is 4.47. The molecule has 0 aliphatic carbocycles. The Morgan fingerprint density at radius 3 is 3.00 bits per heavy atom. The molecule has 1 N–H and O–H groups in total. The molecule has 124 valence electrons. The van der Waals surface area contributed by atoms with Crippen molar-refractivity contribution in [3.63, 3.8) is 0 Å². The molecule has 1 saturated heterocycles. The van der Waals surface area contributed by atoms with Gasteiger partial charge in [-0.3, -0.25) is 4.98 Å². The summed E-state index contributed by atoms with van der Waals surface area (Å²) in [6.07, 6.45) is 6.98. The monoisotopic (exact) mass is 436 g/mol. The number of pyridine rings is 2. The van der Waals surface area contributed by atoms with E-state index in [0.717, 1.165) is 51.0 Å². The minimum Gasteiger partial charge on any atom is -0.392 e. The summed E-state index contributed by atoms with van der Waals surface area (Å²) in [6.45, 7) is 0.754. The molecule has 1 unspecified atom stereocenters. The molecule has 1 fully saturated rings. The molecule has 0 amide bonds. The molecule has 6 nitrogen and oxygen atoms in total. The van der Waals surface area contributed by atoms with Crippen LogP contribution in [0.3, 0.4) is 0 Å². The standard InChI is InChI=1S/C17H17IN4O2/c18-17-12(9-22(21-17)16-3-1-2-6-24-16)13-4-5-14-15(20-13)7-11(10-23)8-19-14/h4-5,7-9,16,23H,1-3,6,10H2. The van der Waals surface area contributed by atoms with Crippen molar-refractivity contribution < 1.29 is 9.84 Å². The first-order chi connectivity index (χ1) is 11.7. The highest BCUT2D eigenvalue weighted by Gasteiger charge is 2.19. The quantitative estimate of drug-likeness (QED) is 0.639. The van der Waals surface area contributed by atoms with Gasteiger partial charge in [0.25, 0.3) is 0 Å². The fourth-order valence-electron chi connectivity index (χ4n) is 2.91. The largest absolute Gasteiger partial charge is 0.392 e. The van der Waals surface area contributed by atoms with Gasteiger partial charge in [-0.2, -0.15) is 5.10 Å². The highest BCUT2D eigenvalue weighted by Crippen LogP contribution is 2.29. The molecular weight excluding hydrogens is 419 g/mol. The third-order valence-corrected chi connectivity index (χ3v) is 4.99. The van der Waals surface area contributed by atoms with Crippen LogP contribution in [0.1, 0.15) is 31.1 Å². The number of aromatic nitrogens is 4. The van der Waals surface area contributed by atoms with E-state index in [9.17, 15) is 5.11 Å². The number of ether oxygens (including phenoxy) is 1. The van der Waals surface area contributed by atoms with Crippen LogP contribution in [0.15, 0.2) is 30.6 Å². The zero-order valence-electron chi connectivity index (χ0n) is 13.0. The molecule has 3 aromatic heterocycles. The van der Waals surface area contributed by atoms with E-state index in [1.807, 2.05) is 29.1 Å². The van der Waals surface area contributed by atoms with Gasteiger partial charge in [-0.05, 0) is 65.6 Å². The summed E-state index contributed by atoms with van der Waals surface area (Å²) in [4.78, 5) is 9.02. The molecule has 0 spiro atoms. The van der Waals surface area contributed by atoms with Gasteiger partial charge < -0.3 is 9.84 Å². The third-order valence-electron chi connectivity index (χ3n) is 4.19. The van der Waals surface area contributed by atoms with Crippen LogP contribution in [0.5, 0.6) is 0 Å². The summed E-state index contributed by atoms with van der Waals surface area (Å²) >= 11 is 2.24. The molecule has 4 rings (SSSR count). The van der Waals surface area contributed by atoms with E-state index in [4.69, 9.17) is 9.72 Å². The van der Waals surface area contributed by atoms with Crippen molar-refractivity contribution in [2.75, 3.05) is 6.61 Å². The fourth-order valence-corrected chi connectivity index (χ4v) is 3.57. The fraction of sp³-hybridized carbons (Fsp3) is 0.353. The molecule has 1 aliphatic heterocycles. The van der Waals surface area contributed by atoms with E-state index >= 15 is 0 Å². The van der Waals surface area contributed by atoms with Crippen LogP contribution >= 0.6 is 22.6 Å². The van der Waals surface area contributed by atoms with Gasteiger partial charge in [0.15, 0.2) is 0 Å². The van der Waals surface area contributed by atoms with Crippen molar-refractivity contribution in [1.29, 1.82) is 0 Å². The van der Waals surface area contributed by atoms with E-state index < -0.39 is 0 Å². The molecule has 0 radical (unpaired) electrons. The van der Waals surface area contributed by atoms with Crippen molar-refractivity contribution in [3.8, 4) is 11.3 Å². The molecule has 0 aromatic carbocycles. The summed E-state index contributed by atoms with van der Waals surface area (Å²) in [6, 6.07) is 5.77. The van der Waals surface area contributed by atoms with Crippen molar-refractivity contribution in [2.45, 2.75) is 32.1 Å². The first-order valence-corrected chi connectivity index (χ1v) is 9.05. The average Bonchev–Trinajstić information content (AvgIpc) is 3.03. The molecule has 0 saturated carbocycles. The lowest BCUT2D eigenvalue weighted by Gasteiger charge is -2.22. The number of aliphatic hydroxyl groups is 1. The Bertz CT molecular complexity index is 874. The van der Waals surface area contributed by atoms with Gasteiger partial charge in [0.1, 0.15) is 9.93 Å². The van der Waals surface area contributed by atoms with Gasteiger partial charge in [-0.15, -0.1) is 0 Å². The van der Waals surface area contributed by atoms with Crippen molar-refractivity contribution in [1.82, 2.24) is 19.7 Å². The lowest BCUT2D eigenvalue weighted by Crippen LogP contribution is -2.18. The molecule has 1 aliphatic rings. The predicted octanol–water partition coefficient (Wildman–Crippen LogP) is 3.29. The zero-order chi connectivity index (χ0) is 16.5. The van der Waals surface area contributed by atoms with Crippen LogP contribution in [-0.2, 0) is 11.3 Å². The van der Waals surface area contributed by atoms with E-state index in [2.05, 4.69) is 32.7 Å². The molecule has 4 heterocycles. The van der Waals surface area contributed by atoms with Crippen LogP contribution < -0.4 is 0 Å². The Balaban J connectivity index is 1.72. The number of rotatable bonds is 3. The Morgan fingerprint density at radius 2 is 2.21 bits per heavy atom. The van der Waals surface area contributed by atoms with Crippen LogP contribution in [0, 0.1) is 3.70 Å². The number of fused-ring (bicyclic) bond motifs is 1. The maximum absolute atomic E-state index is 9.28. The van der Waals surface area contributed by atoms with Crippen LogP contribution in [-0.4, -0.2) is 31.5 Å². The lowest BCUT2D eigenvalue weighted by molar-refractivity contribution is -0.0396. The van der Waals surface area contributed by atoms with E-state index in [1.54, 1.807) is 6.20 Å². The minimum absolute atomic E-state index is 0.0177. The average molecular weight is 436 g/mol. The van der Waals surface area contributed by atoms with Crippen LogP contribution in [0.25, 0.3) is 22.3 Å². The van der Waals surface area contributed by atoms with Crippen molar-refractivity contribution >= 4 is 33.6 Å². The maximum Gasteiger partial charge on any atom is 0.150 e. The normalized spacial score (nSPS) is 18.2. The van der Waals surface area contributed by atoms with Crippen molar-refractivity contribution in [2.24, 2.45) is 0 Å². The van der Waals surface area contributed by atoms with Crippen LogP contribution in [0.4, 0.5) is 0 Å². The molecule has 1 atom stereocenters. The molecule has 7 heteroatoms. The number of hydrogen-bond donors (Lipinski definition) is 1. The highest BCUT2D eigenvalue weighted by molar-refractivity contribution is 14.1. The summed E-state index contributed by atoms with van der Waals surface area (Å²) in [5, 5.41) is 13.9. The SMILES string of the molecule is OCc1cnc2ccc(-c3cn(C4CCCCO4)nc3I)nc2c1. The second-order valence-electron chi connectivity index (χ2n) is 5.87. The van der Waals surface area contributed by atoms with Gasteiger partial charge in [0.2, 0.25) is 0 Å². The van der Waals surface area contributed by atoms with E-state index in [0.29, 0.717) is 0 Å². The van der Waals surface area contributed by atoms with Gasteiger partial charge >= 0.3 is 0 Å². The summed E-state index contributed by atoms with van der Waals surface area (Å²) in [7, 11) is 0. The highest BCUT2D eigenvalue weighted by atomic mass is 127. The van der Waals surface area contributed by atoms with Gasteiger partial charge in [-0.25, -0.2) is 9.67 Å². The molecule has 0 bridgehead atoms. The zero-order valence-corrected chi connectivity index (χ0v) is 15.2. The second-order valence-corrected chi connectivity index (χ2v) is 6.89. The van der Waals surface area contributed by atoms with E-state index in [1.165, 1.54) is 6.42 Å². The predicted molar refractivity (Wildman–Crippen MR) is 98.2 cm³/mol. The van der Waals surface area contributed by atoms with Gasteiger partial charge in [0.05, 0.1) is 28.9 Å². The number of hydrogen-bond acceptors (Lipinski definition) is 5. The van der Waals surface area contributed by atoms with Gasteiger partial charge in [-0.1, -0.05) is 0 Å². The first-order valence-electron chi connectivity index (χ1n) is 7.98.